The lowest BCUT2D eigenvalue weighted by Crippen LogP contribution is -2.22. The summed E-state index contributed by atoms with van der Waals surface area (Å²) in [6, 6.07) is 12.5. The number of thioether (sulfide) groups is 1. The van der Waals surface area contributed by atoms with E-state index in [1.54, 1.807) is 31.2 Å². The van der Waals surface area contributed by atoms with Gasteiger partial charge in [-0.25, -0.2) is 4.79 Å². The summed E-state index contributed by atoms with van der Waals surface area (Å²) in [5, 5.41) is 13.4. The number of rotatable bonds is 7. The lowest BCUT2D eigenvalue weighted by Gasteiger charge is -2.16. The Labute approximate surface area is 232 Å². The molecule has 3 N–H and O–H groups in total. The molecule has 0 heterocycles. The van der Waals surface area contributed by atoms with Crippen LogP contribution >= 0.6 is 58.2 Å². The van der Waals surface area contributed by atoms with Crippen LogP contribution in [-0.4, -0.2) is 28.1 Å². The third kappa shape index (κ3) is 6.28. The van der Waals surface area contributed by atoms with E-state index in [-0.39, 0.29) is 21.0 Å². The van der Waals surface area contributed by atoms with Crippen molar-refractivity contribution >= 4 is 87.3 Å². The fourth-order valence-corrected chi connectivity index (χ4v) is 5.28. The smallest absolute Gasteiger partial charge is 0.338 e. The van der Waals surface area contributed by atoms with Crippen molar-refractivity contribution in [1.29, 1.82) is 0 Å². The van der Waals surface area contributed by atoms with Crippen molar-refractivity contribution in [3.05, 3.63) is 84.8 Å². The van der Waals surface area contributed by atoms with Crippen LogP contribution in [0.5, 0.6) is 0 Å². The molecule has 0 aromatic heterocycles. The maximum Gasteiger partial charge on any atom is 0.338 e. The molecule has 0 saturated carbocycles. The number of aryl methyl sites for hydroxylation is 2. The number of carboxylic acids is 1. The van der Waals surface area contributed by atoms with Crippen molar-refractivity contribution in [3.63, 3.8) is 0 Å². The van der Waals surface area contributed by atoms with Crippen LogP contribution in [0.4, 0.5) is 11.4 Å². The Hall–Kier alpha value is -2.42. The minimum absolute atomic E-state index is 0.176. The molecule has 0 aliphatic carbocycles. The molecule has 0 bridgehead atoms. The molecule has 0 radical (unpaired) electrons. The van der Waals surface area contributed by atoms with E-state index in [9.17, 15) is 19.5 Å². The summed E-state index contributed by atoms with van der Waals surface area (Å²) in [7, 11) is 0. The van der Waals surface area contributed by atoms with Crippen LogP contribution in [0.3, 0.4) is 0 Å². The molecule has 3 aromatic carbocycles. The van der Waals surface area contributed by atoms with Crippen molar-refractivity contribution in [3.8, 4) is 0 Å². The van der Waals surface area contributed by atoms with Gasteiger partial charge >= 0.3 is 5.97 Å². The van der Waals surface area contributed by atoms with Gasteiger partial charge in [-0.3, -0.25) is 9.59 Å². The quantitative estimate of drug-likeness (QED) is 0.148. The van der Waals surface area contributed by atoms with E-state index < -0.39 is 33.3 Å². The van der Waals surface area contributed by atoms with Gasteiger partial charge in [0.25, 0.3) is 5.91 Å². The summed E-state index contributed by atoms with van der Waals surface area (Å²) in [4.78, 5) is 38.2. The number of carbonyl (C=O) groups excluding carboxylic acids is 2. The minimum Gasteiger partial charge on any atom is -0.478 e. The number of hydrogen-bond acceptors (Lipinski definition) is 4. The van der Waals surface area contributed by atoms with E-state index in [1.807, 2.05) is 32.0 Å². The van der Waals surface area contributed by atoms with E-state index >= 15 is 0 Å². The van der Waals surface area contributed by atoms with Crippen molar-refractivity contribution in [2.45, 2.75) is 30.9 Å². The highest BCUT2D eigenvalue weighted by Gasteiger charge is 2.29. The molecule has 0 spiro atoms. The highest BCUT2D eigenvalue weighted by molar-refractivity contribution is 8.00. The van der Waals surface area contributed by atoms with E-state index in [1.165, 1.54) is 11.8 Å². The molecule has 1 unspecified atom stereocenters. The molecule has 3 aromatic rings. The van der Waals surface area contributed by atoms with Crippen LogP contribution in [0, 0.1) is 13.8 Å². The molecule has 3 rings (SSSR count). The summed E-state index contributed by atoms with van der Waals surface area (Å²) in [6.07, 6.45) is 0. The molecule has 0 aliphatic heterocycles. The maximum atomic E-state index is 13.0. The number of hydrogen-bond donors (Lipinski definition) is 3. The predicted octanol–water partition coefficient (Wildman–Crippen LogP) is 7.99. The Balaban J connectivity index is 1.78. The average molecular weight is 586 g/mol. The minimum atomic E-state index is -1.49. The molecular weight excluding hydrogens is 566 g/mol. The standard InChI is InChI=1S/C25H20Cl4N2O4S/c1-11-7-8-16(12(2)9-11)31-23(32)13(3)36-15-6-4-5-14(10-15)30-24(33)17-18(25(34)35)20(27)22(29)21(28)19(17)26/h4-10,13H,1-3H3,(H,30,33)(H,31,32)(H,34,35). The molecule has 2 amide bonds. The van der Waals surface area contributed by atoms with Crippen LogP contribution in [0.1, 0.15) is 38.8 Å². The van der Waals surface area contributed by atoms with Crippen molar-refractivity contribution in [2.75, 3.05) is 10.6 Å². The van der Waals surface area contributed by atoms with Gasteiger partial charge in [0.1, 0.15) is 0 Å². The van der Waals surface area contributed by atoms with Gasteiger partial charge in [-0.2, -0.15) is 0 Å². The number of benzene rings is 3. The van der Waals surface area contributed by atoms with Crippen LogP contribution in [-0.2, 0) is 4.79 Å². The zero-order chi connectivity index (χ0) is 26.7. The third-order valence-corrected chi connectivity index (χ3v) is 8.02. The maximum absolute atomic E-state index is 13.0. The molecule has 1 atom stereocenters. The van der Waals surface area contributed by atoms with Crippen molar-refractivity contribution in [2.24, 2.45) is 0 Å². The molecular formula is C25H20Cl4N2O4S. The number of nitrogens with one attached hydrogen (secondary N) is 2. The van der Waals surface area contributed by atoms with Gasteiger partial charge in [-0.1, -0.05) is 70.2 Å². The Morgan fingerprint density at radius 2 is 1.50 bits per heavy atom. The second-order valence-corrected chi connectivity index (χ2v) is 10.8. The summed E-state index contributed by atoms with van der Waals surface area (Å²) in [5.74, 6) is -2.50. The van der Waals surface area contributed by atoms with Crippen molar-refractivity contribution in [1.82, 2.24) is 0 Å². The van der Waals surface area contributed by atoms with Crippen LogP contribution in [0.15, 0.2) is 47.4 Å². The highest BCUT2D eigenvalue weighted by atomic mass is 35.5. The van der Waals surface area contributed by atoms with Gasteiger partial charge < -0.3 is 15.7 Å². The first-order valence-electron chi connectivity index (χ1n) is 10.5. The SMILES string of the molecule is Cc1ccc(NC(=O)C(C)Sc2cccc(NC(=O)c3c(Cl)c(Cl)c(Cl)c(Cl)c3C(=O)O)c2)c(C)c1. The first-order chi connectivity index (χ1) is 16.9. The number of carboxylic acid groups (broad SMARTS) is 1. The predicted molar refractivity (Wildman–Crippen MR) is 148 cm³/mol. The molecule has 11 heteroatoms. The van der Waals surface area contributed by atoms with Gasteiger partial charge in [0, 0.05) is 16.3 Å². The van der Waals surface area contributed by atoms with Gasteiger partial charge in [-0.05, 0) is 50.6 Å². The van der Waals surface area contributed by atoms with Gasteiger partial charge in [-0.15, -0.1) is 11.8 Å². The Morgan fingerprint density at radius 3 is 2.11 bits per heavy atom. The fraction of sp³-hybridized carbons (Fsp3) is 0.160. The normalized spacial score (nSPS) is 11.6. The largest absolute Gasteiger partial charge is 0.478 e. The Kier molecular flexibility index (Phi) is 9.19. The van der Waals surface area contributed by atoms with Gasteiger partial charge in [0.2, 0.25) is 5.91 Å². The van der Waals surface area contributed by atoms with E-state index in [4.69, 9.17) is 46.4 Å². The summed E-state index contributed by atoms with van der Waals surface area (Å²) >= 11 is 25.5. The molecule has 0 saturated heterocycles. The number of amides is 2. The second-order valence-electron chi connectivity index (χ2n) is 7.86. The topological polar surface area (TPSA) is 95.5 Å². The first-order valence-corrected chi connectivity index (χ1v) is 12.8. The Morgan fingerprint density at radius 1 is 0.861 bits per heavy atom. The Bertz CT molecular complexity index is 1380. The summed E-state index contributed by atoms with van der Waals surface area (Å²) < 4.78 is 0. The van der Waals surface area contributed by atoms with Crippen LogP contribution in [0.25, 0.3) is 0 Å². The van der Waals surface area contributed by atoms with Crippen LogP contribution in [0.2, 0.25) is 20.1 Å². The zero-order valence-electron chi connectivity index (χ0n) is 19.2. The van der Waals surface area contributed by atoms with Gasteiger partial charge in [0.05, 0.1) is 36.5 Å². The molecule has 36 heavy (non-hydrogen) atoms. The monoisotopic (exact) mass is 584 g/mol. The third-order valence-electron chi connectivity index (χ3n) is 5.12. The second kappa shape index (κ2) is 11.8. The molecule has 0 aliphatic rings. The molecule has 6 nitrogen and oxygen atoms in total. The number of carbonyl (C=O) groups is 3. The first kappa shape index (κ1) is 28.2. The summed E-state index contributed by atoms with van der Waals surface area (Å²) in [5.41, 5.74) is 2.18. The fourth-order valence-electron chi connectivity index (χ4n) is 3.33. The van der Waals surface area contributed by atoms with Crippen LogP contribution < -0.4 is 10.6 Å². The number of aromatic carboxylic acids is 1. The lowest BCUT2D eigenvalue weighted by atomic mass is 10.1. The van der Waals surface area contributed by atoms with Gasteiger partial charge in [0.15, 0.2) is 0 Å². The van der Waals surface area contributed by atoms with E-state index in [0.717, 1.165) is 16.8 Å². The van der Waals surface area contributed by atoms with Crippen molar-refractivity contribution < 1.29 is 19.5 Å². The highest BCUT2D eigenvalue weighted by Crippen LogP contribution is 2.42. The molecule has 188 valence electrons. The average Bonchev–Trinajstić information content (AvgIpc) is 2.81. The lowest BCUT2D eigenvalue weighted by molar-refractivity contribution is -0.115. The summed E-state index contributed by atoms with van der Waals surface area (Å²) in [6.45, 7) is 5.68. The zero-order valence-corrected chi connectivity index (χ0v) is 23.1. The van der Waals surface area contributed by atoms with E-state index in [2.05, 4.69) is 10.6 Å². The number of anilines is 2. The van der Waals surface area contributed by atoms with E-state index in [0.29, 0.717) is 10.6 Å². The molecule has 0 fully saturated rings. The number of halogens is 4.